The minimum atomic E-state index is 0.293. The van der Waals surface area contributed by atoms with Crippen molar-refractivity contribution < 1.29 is 0 Å². The summed E-state index contributed by atoms with van der Waals surface area (Å²) in [7, 11) is 0. The summed E-state index contributed by atoms with van der Waals surface area (Å²) < 4.78 is 0.894. The zero-order chi connectivity index (χ0) is 9.14. The van der Waals surface area contributed by atoms with Crippen LogP contribution in [-0.4, -0.2) is 15.2 Å². The fraction of sp³-hybridized carbons (Fsp3) is 0.429. The third kappa shape index (κ3) is 2.92. The van der Waals surface area contributed by atoms with Gasteiger partial charge in [-0.25, -0.2) is 9.97 Å². The Morgan fingerprint density at radius 3 is 2.83 bits per heavy atom. The Bertz CT molecular complexity index is 280. The van der Waals surface area contributed by atoms with E-state index in [-0.39, 0.29) is 0 Å². The van der Waals surface area contributed by atoms with Gasteiger partial charge in [0.15, 0.2) is 0 Å². The third-order valence-electron chi connectivity index (χ3n) is 1.03. The Labute approximate surface area is 89.3 Å². The number of aromatic nitrogens is 2. The summed E-state index contributed by atoms with van der Waals surface area (Å²) in [6.07, 6.45) is 1.67. The minimum absolute atomic E-state index is 0.293. The average Bonchev–Trinajstić information content (AvgIpc) is 1.96. The van der Waals surface area contributed by atoms with E-state index in [1.807, 2.05) is 0 Å². The number of thioether (sulfide) groups is 1. The summed E-state index contributed by atoms with van der Waals surface area (Å²) in [5, 5.41) is 1.68. The molecule has 1 aromatic rings. The molecule has 0 unspecified atom stereocenters. The molecule has 0 saturated heterocycles. The van der Waals surface area contributed by atoms with Crippen LogP contribution in [0.2, 0.25) is 5.28 Å². The molecule has 66 valence electrons. The van der Waals surface area contributed by atoms with Gasteiger partial charge in [-0.1, -0.05) is 13.8 Å². The van der Waals surface area contributed by atoms with E-state index >= 15 is 0 Å². The molecular formula is C7H8BrClN2S. The van der Waals surface area contributed by atoms with Crippen LogP contribution >= 0.6 is 39.3 Å². The van der Waals surface area contributed by atoms with Crippen molar-refractivity contribution in [3.05, 3.63) is 16.0 Å². The Kier molecular flexibility index (Phi) is 3.80. The predicted molar refractivity (Wildman–Crippen MR) is 55.7 cm³/mol. The van der Waals surface area contributed by atoms with E-state index in [1.165, 1.54) is 0 Å². The molecule has 0 saturated carbocycles. The Balaban J connectivity index is 2.90. The monoisotopic (exact) mass is 266 g/mol. The number of hydrogen-bond acceptors (Lipinski definition) is 3. The van der Waals surface area contributed by atoms with Crippen LogP contribution in [0.25, 0.3) is 0 Å². The van der Waals surface area contributed by atoms with E-state index in [2.05, 4.69) is 39.7 Å². The van der Waals surface area contributed by atoms with Crippen molar-refractivity contribution >= 4 is 39.3 Å². The first-order valence-corrected chi connectivity index (χ1v) is 5.49. The summed E-state index contributed by atoms with van der Waals surface area (Å²) >= 11 is 10.7. The lowest BCUT2D eigenvalue weighted by molar-refractivity contribution is 1.01. The van der Waals surface area contributed by atoms with Crippen molar-refractivity contribution in [1.29, 1.82) is 0 Å². The van der Waals surface area contributed by atoms with Gasteiger partial charge in [-0.05, 0) is 27.5 Å². The van der Waals surface area contributed by atoms with Crippen molar-refractivity contribution in [2.75, 3.05) is 0 Å². The molecule has 0 aliphatic rings. The number of rotatable bonds is 2. The summed E-state index contributed by atoms with van der Waals surface area (Å²) in [5.74, 6) is 0. The molecule has 0 aliphatic heterocycles. The van der Waals surface area contributed by atoms with Crippen LogP contribution in [-0.2, 0) is 0 Å². The van der Waals surface area contributed by atoms with Gasteiger partial charge < -0.3 is 0 Å². The first-order valence-electron chi connectivity index (χ1n) is 3.44. The van der Waals surface area contributed by atoms with E-state index in [1.54, 1.807) is 18.0 Å². The van der Waals surface area contributed by atoms with Gasteiger partial charge in [-0.15, -0.1) is 11.8 Å². The fourth-order valence-corrected chi connectivity index (χ4v) is 2.04. The molecule has 0 atom stereocenters. The molecule has 0 N–H and O–H groups in total. The van der Waals surface area contributed by atoms with Gasteiger partial charge in [0.1, 0.15) is 5.03 Å². The molecular weight excluding hydrogens is 260 g/mol. The number of hydrogen-bond donors (Lipinski definition) is 0. The van der Waals surface area contributed by atoms with Crippen molar-refractivity contribution in [2.24, 2.45) is 0 Å². The smallest absolute Gasteiger partial charge is 0.223 e. The maximum absolute atomic E-state index is 5.64. The second kappa shape index (κ2) is 4.44. The van der Waals surface area contributed by atoms with Crippen molar-refractivity contribution in [2.45, 2.75) is 24.1 Å². The number of nitrogens with zero attached hydrogens (tertiary/aromatic N) is 2. The lowest BCUT2D eigenvalue weighted by Crippen LogP contribution is -1.91. The molecule has 0 bridgehead atoms. The molecule has 1 aromatic heterocycles. The zero-order valence-electron chi connectivity index (χ0n) is 6.71. The van der Waals surface area contributed by atoms with Gasteiger partial charge in [0.05, 0.1) is 4.47 Å². The normalized spacial score (nSPS) is 10.8. The minimum Gasteiger partial charge on any atom is -0.225 e. The topological polar surface area (TPSA) is 25.8 Å². The molecule has 5 heteroatoms. The molecule has 1 heterocycles. The summed E-state index contributed by atoms with van der Waals surface area (Å²) in [6.45, 7) is 4.21. The van der Waals surface area contributed by atoms with E-state index in [0.717, 1.165) is 9.50 Å². The summed E-state index contributed by atoms with van der Waals surface area (Å²) in [5.41, 5.74) is 0. The summed E-state index contributed by atoms with van der Waals surface area (Å²) in [4.78, 5) is 7.92. The van der Waals surface area contributed by atoms with Crippen LogP contribution in [0.5, 0.6) is 0 Å². The third-order valence-corrected chi connectivity index (χ3v) is 3.06. The molecule has 0 radical (unpaired) electrons. The van der Waals surface area contributed by atoms with Gasteiger partial charge in [0, 0.05) is 11.4 Å². The van der Waals surface area contributed by atoms with Crippen molar-refractivity contribution in [3.63, 3.8) is 0 Å². The highest BCUT2D eigenvalue weighted by Crippen LogP contribution is 2.28. The van der Waals surface area contributed by atoms with Gasteiger partial charge in [0.2, 0.25) is 5.28 Å². The maximum atomic E-state index is 5.64. The van der Waals surface area contributed by atoms with Crippen LogP contribution in [0.1, 0.15) is 13.8 Å². The molecule has 0 spiro atoms. The summed E-state index contributed by atoms with van der Waals surface area (Å²) in [6, 6.07) is 0. The Morgan fingerprint density at radius 1 is 1.58 bits per heavy atom. The Morgan fingerprint density at radius 2 is 2.25 bits per heavy atom. The largest absolute Gasteiger partial charge is 0.225 e. The molecule has 0 amide bonds. The van der Waals surface area contributed by atoms with Gasteiger partial charge in [0.25, 0.3) is 0 Å². The van der Waals surface area contributed by atoms with Gasteiger partial charge >= 0.3 is 0 Å². The quantitative estimate of drug-likeness (QED) is 0.467. The van der Waals surface area contributed by atoms with E-state index < -0.39 is 0 Å². The lowest BCUT2D eigenvalue weighted by atomic mass is 10.6. The van der Waals surface area contributed by atoms with Gasteiger partial charge in [-0.2, -0.15) is 0 Å². The standard InChI is InChI=1S/C7H8BrClN2S/c1-4(2)12-6-5(8)3-10-7(9)11-6/h3-4H,1-2H3. The first-order chi connectivity index (χ1) is 5.59. The number of halogens is 2. The van der Waals surface area contributed by atoms with Crippen LogP contribution in [0.3, 0.4) is 0 Å². The molecule has 12 heavy (non-hydrogen) atoms. The van der Waals surface area contributed by atoms with E-state index in [4.69, 9.17) is 11.6 Å². The average molecular weight is 268 g/mol. The van der Waals surface area contributed by atoms with Crippen molar-refractivity contribution in [3.8, 4) is 0 Å². The fourth-order valence-electron chi connectivity index (χ4n) is 0.637. The van der Waals surface area contributed by atoms with E-state index in [9.17, 15) is 0 Å². The van der Waals surface area contributed by atoms with Crippen molar-refractivity contribution in [1.82, 2.24) is 9.97 Å². The zero-order valence-corrected chi connectivity index (χ0v) is 9.87. The molecule has 1 rings (SSSR count). The van der Waals surface area contributed by atoms with E-state index in [0.29, 0.717) is 10.5 Å². The molecule has 0 aromatic carbocycles. The lowest BCUT2D eigenvalue weighted by Gasteiger charge is -2.04. The maximum Gasteiger partial charge on any atom is 0.223 e. The highest BCUT2D eigenvalue weighted by molar-refractivity contribution is 9.10. The van der Waals surface area contributed by atoms with Gasteiger partial charge in [-0.3, -0.25) is 0 Å². The molecule has 0 aliphatic carbocycles. The highest BCUT2D eigenvalue weighted by Gasteiger charge is 2.06. The first kappa shape index (κ1) is 10.3. The highest BCUT2D eigenvalue weighted by atomic mass is 79.9. The van der Waals surface area contributed by atoms with Crippen LogP contribution < -0.4 is 0 Å². The molecule has 2 nitrogen and oxygen atoms in total. The van der Waals surface area contributed by atoms with Crippen LogP contribution in [0.4, 0.5) is 0 Å². The van der Waals surface area contributed by atoms with Crippen LogP contribution in [0, 0.1) is 0 Å². The SMILES string of the molecule is CC(C)Sc1nc(Cl)ncc1Br. The second-order valence-electron chi connectivity index (χ2n) is 2.46. The Hall–Kier alpha value is 0.200. The molecule has 0 fully saturated rings. The second-order valence-corrected chi connectivity index (χ2v) is 5.22. The van der Waals surface area contributed by atoms with Crippen LogP contribution in [0.15, 0.2) is 15.7 Å². The predicted octanol–water partition coefficient (Wildman–Crippen LogP) is 3.39.